The predicted octanol–water partition coefficient (Wildman–Crippen LogP) is 2.57. The van der Waals surface area contributed by atoms with Crippen molar-refractivity contribution in [2.45, 2.75) is 19.9 Å². The minimum absolute atomic E-state index is 0.00106. The molecule has 1 rings (SSSR count). The van der Waals surface area contributed by atoms with Gasteiger partial charge < -0.3 is 14.8 Å². The maximum Gasteiger partial charge on any atom is 0.332 e. The summed E-state index contributed by atoms with van der Waals surface area (Å²) in [5.41, 5.74) is 1.12. The van der Waals surface area contributed by atoms with Gasteiger partial charge in [-0.1, -0.05) is 23.7 Å². The summed E-state index contributed by atoms with van der Waals surface area (Å²) in [5.74, 6) is -0.328. The highest BCUT2D eigenvalue weighted by Crippen LogP contribution is 2.16. The third-order valence-electron chi connectivity index (χ3n) is 2.57. The highest BCUT2D eigenvalue weighted by Gasteiger charge is 2.05. The Labute approximate surface area is 119 Å². The van der Waals surface area contributed by atoms with Gasteiger partial charge in [-0.3, -0.25) is 0 Å². The van der Waals surface area contributed by atoms with E-state index in [-0.39, 0.29) is 18.6 Å². The normalized spacial score (nSPS) is 12.2. The van der Waals surface area contributed by atoms with Crippen molar-refractivity contribution < 1.29 is 14.3 Å². The van der Waals surface area contributed by atoms with Gasteiger partial charge in [0.2, 0.25) is 0 Å². The third kappa shape index (κ3) is 6.57. The molecule has 0 saturated carbocycles. The molecule has 5 heteroatoms. The van der Waals surface area contributed by atoms with Gasteiger partial charge in [0.15, 0.2) is 0 Å². The topological polar surface area (TPSA) is 47.6 Å². The van der Waals surface area contributed by atoms with Crippen molar-refractivity contribution in [3.63, 3.8) is 0 Å². The minimum Gasteiger partial charge on any atom is -0.464 e. The lowest BCUT2D eigenvalue weighted by Gasteiger charge is -2.14. The molecule has 0 radical (unpaired) electrons. The van der Waals surface area contributed by atoms with E-state index >= 15 is 0 Å². The molecule has 0 aliphatic heterocycles. The summed E-state index contributed by atoms with van der Waals surface area (Å²) >= 11 is 5.93. The number of ether oxygens (including phenoxy) is 2. The fourth-order valence-corrected chi connectivity index (χ4v) is 1.80. The summed E-state index contributed by atoms with van der Waals surface area (Å²) in [4.78, 5) is 11.0. The molecule has 19 heavy (non-hydrogen) atoms. The van der Waals surface area contributed by atoms with Crippen LogP contribution in [0.3, 0.4) is 0 Å². The third-order valence-corrected chi connectivity index (χ3v) is 2.81. The molecular weight excluding hydrogens is 266 g/mol. The molecule has 0 heterocycles. The minimum atomic E-state index is -0.328. The first-order valence-electron chi connectivity index (χ1n) is 6.35. The number of carbonyl (C=O) groups excluding carboxylic acids is 1. The van der Waals surface area contributed by atoms with Crippen LogP contribution in [0.5, 0.6) is 0 Å². The molecule has 0 fully saturated rings. The Kier molecular flexibility index (Phi) is 7.48. The van der Waals surface area contributed by atoms with Crippen LogP contribution in [0, 0.1) is 0 Å². The molecule has 0 saturated heterocycles. The molecule has 106 valence electrons. The standard InChI is InChI=1S/C14H20ClNO3/c1-3-19-14(17)10-18-8-7-16-11(2)12-5-4-6-13(15)9-12/h4-6,9,11,16H,3,7-8,10H2,1-2H3. The van der Waals surface area contributed by atoms with Crippen molar-refractivity contribution >= 4 is 17.6 Å². The molecule has 0 aliphatic rings. The summed E-state index contributed by atoms with van der Waals surface area (Å²) < 4.78 is 9.95. The van der Waals surface area contributed by atoms with Crippen LogP contribution in [0.15, 0.2) is 24.3 Å². The predicted molar refractivity (Wildman–Crippen MR) is 75.3 cm³/mol. The van der Waals surface area contributed by atoms with Crippen LogP contribution in [0.4, 0.5) is 0 Å². The van der Waals surface area contributed by atoms with Crippen molar-refractivity contribution in [2.75, 3.05) is 26.4 Å². The van der Waals surface area contributed by atoms with Gasteiger partial charge in [0.1, 0.15) is 6.61 Å². The number of halogens is 1. The van der Waals surface area contributed by atoms with Crippen LogP contribution in [0.25, 0.3) is 0 Å². The lowest BCUT2D eigenvalue weighted by Crippen LogP contribution is -2.24. The molecule has 1 aromatic carbocycles. The zero-order chi connectivity index (χ0) is 14.1. The van der Waals surface area contributed by atoms with E-state index in [4.69, 9.17) is 21.1 Å². The second-order valence-electron chi connectivity index (χ2n) is 4.09. The van der Waals surface area contributed by atoms with Gasteiger partial charge in [0, 0.05) is 17.6 Å². The maximum atomic E-state index is 11.0. The zero-order valence-corrected chi connectivity index (χ0v) is 12.1. The summed E-state index contributed by atoms with van der Waals surface area (Å²) in [6, 6.07) is 7.90. The van der Waals surface area contributed by atoms with Gasteiger partial charge in [0.05, 0.1) is 13.2 Å². The van der Waals surface area contributed by atoms with Crippen molar-refractivity contribution in [1.29, 1.82) is 0 Å². The number of esters is 1. The van der Waals surface area contributed by atoms with Crippen LogP contribution in [-0.2, 0) is 14.3 Å². The lowest BCUT2D eigenvalue weighted by molar-refractivity contribution is -0.148. The van der Waals surface area contributed by atoms with Gasteiger partial charge in [0.25, 0.3) is 0 Å². The van der Waals surface area contributed by atoms with Gasteiger partial charge in [-0.15, -0.1) is 0 Å². The van der Waals surface area contributed by atoms with Gasteiger partial charge in [-0.2, -0.15) is 0 Å². The molecule has 0 spiro atoms. The van der Waals surface area contributed by atoms with Crippen LogP contribution in [0.2, 0.25) is 5.02 Å². The van der Waals surface area contributed by atoms with E-state index in [1.165, 1.54) is 0 Å². The van der Waals surface area contributed by atoms with Crippen LogP contribution in [0.1, 0.15) is 25.5 Å². The smallest absolute Gasteiger partial charge is 0.332 e. The first-order valence-corrected chi connectivity index (χ1v) is 6.73. The SMILES string of the molecule is CCOC(=O)COCCNC(C)c1cccc(Cl)c1. The van der Waals surface area contributed by atoms with Crippen LogP contribution < -0.4 is 5.32 Å². The van der Waals surface area contributed by atoms with E-state index in [0.29, 0.717) is 19.8 Å². The van der Waals surface area contributed by atoms with Crippen LogP contribution >= 0.6 is 11.6 Å². The quantitative estimate of drug-likeness (QED) is 0.589. The molecule has 4 nitrogen and oxygen atoms in total. The van der Waals surface area contributed by atoms with Crippen molar-refractivity contribution in [3.05, 3.63) is 34.9 Å². The van der Waals surface area contributed by atoms with E-state index in [1.54, 1.807) is 6.92 Å². The Bertz CT molecular complexity index is 398. The summed E-state index contributed by atoms with van der Waals surface area (Å²) in [5, 5.41) is 4.02. The van der Waals surface area contributed by atoms with Gasteiger partial charge >= 0.3 is 5.97 Å². The van der Waals surface area contributed by atoms with E-state index in [9.17, 15) is 4.79 Å². The number of hydrogen-bond donors (Lipinski definition) is 1. The average Bonchev–Trinajstić information content (AvgIpc) is 2.38. The molecule has 0 bridgehead atoms. The fourth-order valence-electron chi connectivity index (χ4n) is 1.60. The van der Waals surface area contributed by atoms with E-state index < -0.39 is 0 Å². The molecule has 1 unspecified atom stereocenters. The second-order valence-corrected chi connectivity index (χ2v) is 4.52. The summed E-state index contributed by atoms with van der Waals surface area (Å²) in [7, 11) is 0. The zero-order valence-electron chi connectivity index (χ0n) is 11.3. The number of carbonyl (C=O) groups is 1. The molecule has 0 aliphatic carbocycles. The number of rotatable bonds is 8. The highest BCUT2D eigenvalue weighted by molar-refractivity contribution is 6.30. The highest BCUT2D eigenvalue weighted by atomic mass is 35.5. The molecule has 1 N–H and O–H groups in total. The van der Waals surface area contributed by atoms with Gasteiger partial charge in [-0.05, 0) is 31.5 Å². The Hall–Kier alpha value is -1.10. The van der Waals surface area contributed by atoms with Crippen molar-refractivity contribution in [3.8, 4) is 0 Å². The monoisotopic (exact) mass is 285 g/mol. The summed E-state index contributed by atoms with van der Waals surface area (Å²) in [6.07, 6.45) is 0. The van der Waals surface area contributed by atoms with E-state index in [0.717, 1.165) is 10.6 Å². The largest absolute Gasteiger partial charge is 0.464 e. The first kappa shape index (κ1) is 16.0. The first-order chi connectivity index (χ1) is 9.13. The second kappa shape index (κ2) is 8.91. The Morgan fingerprint density at radius 1 is 1.47 bits per heavy atom. The lowest BCUT2D eigenvalue weighted by atomic mass is 10.1. The van der Waals surface area contributed by atoms with E-state index in [2.05, 4.69) is 12.2 Å². The molecule has 1 aromatic rings. The molecule has 0 amide bonds. The average molecular weight is 286 g/mol. The van der Waals surface area contributed by atoms with Crippen molar-refractivity contribution in [2.24, 2.45) is 0 Å². The van der Waals surface area contributed by atoms with Crippen LogP contribution in [-0.4, -0.2) is 32.3 Å². The van der Waals surface area contributed by atoms with E-state index in [1.807, 2.05) is 24.3 Å². The Morgan fingerprint density at radius 2 is 2.26 bits per heavy atom. The number of hydrogen-bond acceptors (Lipinski definition) is 4. The maximum absolute atomic E-state index is 11.0. The van der Waals surface area contributed by atoms with Crippen molar-refractivity contribution in [1.82, 2.24) is 5.32 Å². The molecule has 0 aromatic heterocycles. The Morgan fingerprint density at radius 3 is 2.95 bits per heavy atom. The Balaban J connectivity index is 2.17. The fraction of sp³-hybridized carbons (Fsp3) is 0.500. The number of benzene rings is 1. The number of nitrogens with one attached hydrogen (secondary N) is 1. The summed E-state index contributed by atoms with van der Waals surface area (Å²) in [6.45, 7) is 5.33. The molecule has 1 atom stereocenters. The van der Waals surface area contributed by atoms with Gasteiger partial charge in [-0.25, -0.2) is 4.79 Å². The molecular formula is C14H20ClNO3.